The molecular weight excluding hydrogens is 291 g/mol. The zero-order chi connectivity index (χ0) is 15.7. The van der Waals surface area contributed by atoms with Crippen molar-refractivity contribution in [3.63, 3.8) is 0 Å². The SMILES string of the molecule is NCc1cccc2cnc(Cc3ccccc3C(F)(F)F)n12. The predicted molar refractivity (Wildman–Crippen MR) is 77.3 cm³/mol. The highest BCUT2D eigenvalue weighted by atomic mass is 19.4. The van der Waals surface area contributed by atoms with Crippen molar-refractivity contribution in [1.29, 1.82) is 0 Å². The topological polar surface area (TPSA) is 43.3 Å². The van der Waals surface area contributed by atoms with Crippen LogP contribution in [-0.4, -0.2) is 9.38 Å². The first-order valence-electron chi connectivity index (χ1n) is 6.80. The summed E-state index contributed by atoms with van der Waals surface area (Å²) in [5, 5.41) is 0. The van der Waals surface area contributed by atoms with E-state index in [9.17, 15) is 13.2 Å². The lowest BCUT2D eigenvalue weighted by Gasteiger charge is -2.13. The summed E-state index contributed by atoms with van der Waals surface area (Å²) in [5.41, 5.74) is 6.92. The lowest BCUT2D eigenvalue weighted by Crippen LogP contribution is -2.11. The van der Waals surface area contributed by atoms with Crippen molar-refractivity contribution in [2.45, 2.75) is 19.1 Å². The van der Waals surface area contributed by atoms with E-state index in [4.69, 9.17) is 5.73 Å². The lowest BCUT2D eigenvalue weighted by atomic mass is 10.0. The van der Waals surface area contributed by atoms with Crippen LogP contribution in [0.3, 0.4) is 0 Å². The molecule has 0 fully saturated rings. The summed E-state index contributed by atoms with van der Waals surface area (Å²) in [6.45, 7) is 0.293. The third-order valence-electron chi connectivity index (χ3n) is 3.59. The van der Waals surface area contributed by atoms with Gasteiger partial charge < -0.3 is 5.73 Å². The maximum Gasteiger partial charge on any atom is 0.416 e. The van der Waals surface area contributed by atoms with Gasteiger partial charge in [0.25, 0.3) is 0 Å². The van der Waals surface area contributed by atoms with Gasteiger partial charge in [0.2, 0.25) is 0 Å². The molecule has 0 amide bonds. The average Bonchev–Trinajstić information content (AvgIpc) is 2.90. The quantitative estimate of drug-likeness (QED) is 0.806. The van der Waals surface area contributed by atoms with Gasteiger partial charge in [-0.05, 0) is 23.8 Å². The second-order valence-corrected chi connectivity index (χ2v) is 4.99. The Balaban J connectivity index is 2.09. The maximum absolute atomic E-state index is 13.1. The van der Waals surface area contributed by atoms with Crippen LogP contribution in [-0.2, 0) is 19.1 Å². The Morgan fingerprint density at radius 1 is 1.05 bits per heavy atom. The Kier molecular flexibility index (Phi) is 3.62. The van der Waals surface area contributed by atoms with Gasteiger partial charge in [-0.15, -0.1) is 0 Å². The number of fused-ring (bicyclic) bond motifs is 1. The first kappa shape index (κ1) is 14.6. The molecule has 2 N–H and O–H groups in total. The van der Waals surface area contributed by atoms with Gasteiger partial charge in [0.05, 0.1) is 17.3 Å². The Morgan fingerprint density at radius 2 is 1.82 bits per heavy atom. The highest BCUT2D eigenvalue weighted by molar-refractivity contribution is 5.48. The second-order valence-electron chi connectivity index (χ2n) is 4.99. The van der Waals surface area contributed by atoms with E-state index in [0.29, 0.717) is 12.4 Å². The van der Waals surface area contributed by atoms with Gasteiger partial charge in [0, 0.05) is 18.7 Å². The molecule has 0 aliphatic rings. The van der Waals surface area contributed by atoms with Crippen LogP contribution in [0, 0.1) is 0 Å². The fraction of sp³-hybridized carbons (Fsp3) is 0.188. The number of aromatic nitrogens is 2. The minimum absolute atomic E-state index is 0.0981. The summed E-state index contributed by atoms with van der Waals surface area (Å²) < 4.78 is 41.1. The van der Waals surface area contributed by atoms with Crippen molar-refractivity contribution < 1.29 is 13.2 Å². The molecule has 0 atom stereocenters. The third kappa shape index (κ3) is 2.57. The number of benzene rings is 1. The van der Waals surface area contributed by atoms with Crippen molar-refractivity contribution in [2.75, 3.05) is 0 Å². The number of imidazole rings is 1. The molecule has 0 unspecified atom stereocenters. The van der Waals surface area contributed by atoms with Crippen LogP contribution >= 0.6 is 0 Å². The smallest absolute Gasteiger partial charge is 0.325 e. The number of hydrogen-bond acceptors (Lipinski definition) is 2. The minimum atomic E-state index is -4.37. The fourth-order valence-electron chi connectivity index (χ4n) is 2.59. The number of nitrogens with zero attached hydrogens (tertiary/aromatic N) is 2. The van der Waals surface area contributed by atoms with E-state index in [1.165, 1.54) is 12.1 Å². The summed E-state index contributed by atoms with van der Waals surface area (Å²) in [7, 11) is 0. The fourth-order valence-corrected chi connectivity index (χ4v) is 2.59. The third-order valence-corrected chi connectivity index (χ3v) is 3.59. The number of nitrogens with two attached hydrogens (primary N) is 1. The van der Waals surface area contributed by atoms with E-state index in [2.05, 4.69) is 4.98 Å². The van der Waals surface area contributed by atoms with Gasteiger partial charge in [0.15, 0.2) is 0 Å². The Labute approximate surface area is 125 Å². The molecule has 0 aliphatic heterocycles. The Hall–Kier alpha value is -2.34. The normalized spacial score (nSPS) is 12.0. The van der Waals surface area contributed by atoms with E-state index in [0.717, 1.165) is 17.3 Å². The molecule has 114 valence electrons. The minimum Gasteiger partial charge on any atom is -0.325 e. The van der Waals surface area contributed by atoms with E-state index in [1.807, 2.05) is 22.6 Å². The molecule has 0 aliphatic carbocycles. The number of hydrogen-bond donors (Lipinski definition) is 1. The van der Waals surface area contributed by atoms with Crippen molar-refractivity contribution in [2.24, 2.45) is 5.73 Å². The van der Waals surface area contributed by atoms with Crippen LogP contribution in [0.1, 0.15) is 22.6 Å². The molecule has 0 saturated carbocycles. The van der Waals surface area contributed by atoms with Crippen LogP contribution in [0.15, 0.2) is 48.7 Å². The van der Waals surface area contributed by atoms with Gasteiger partial charge in [-0.25, -0.2) is 4.98 Å². The van der Waals surface area contributed by atoms with E-state index in [1.54, 1.807) is 12.3 Å². The van der Waals surface area contributed by atoms with Crippen LogP contribution in [0.4, 0.5) is 13.2 Å². The van der Waals surface area contributed by atoms with Crippen molar-refractivity contribution in [1.82, 2.24) is 9.38 Å². The Morgan fingerprint density at radius 3 is 2.55 bits per heavy atom. The van der Waals surface area contributed by atoms with E-state index < -0.39 is 11.7 Å². The molecule has 2 heterocycles. The zero-order valence-electron chi connectivity index (χ0n) is 11.6. The van der Waals surface area contributed by atoms with Gasteiger partial charge in [0.1, 0.15) is 5.82 Å². The molecule has 0 saturated heterocycles. The molecule has 0 spiro atoms. The van der Waals surface area contributed by atoms with Crippen LogP contribution in [0.2, 0.25) is 0 Å². The first-order valence-corrected chi connectivity index (χ1v) is 6.80. The molecule has 22 heavy (non-hydrogen) atoms. The molecular formula is C16H14F3N3. The van der Waals surface area contributed by atoms with Crippen molar-refractivity contribution in [3.8, 4) is 0 Å². The monoisotopic (exact) mass is 305 g/mol. The Bertz CT molecular complexity index is 806. The average molecular weight is 305 g/mol. The summed E-state index contributed by atoms with van der Waals surface area (Å²) >= 11 is 0. The van der Waals surface area contributed by atoms with Gasteiger partial charge in [-0.3, -0.25) is 4.40 Å². The molecule has 0 radical (unpaired) electrons. The molecule has 3 aromatic rings. The first-order chi connectivity index (χ1) is 10.5. The summed E-state index contributed by atoms with van der Waals surface area (Å²) in [4.78, 5) is 4.26. The maximum atomic E-state index is 13.1. The van der Waals surface area contributed by atoms with Crippen LogP contribution in [0.25, 0.3) is 5.52 Å². The number of alkyl halides is 3. The molecule has 3 rings (SSSR count). The molecule has 6 heteroatoms. The standard InChI is InChI=1S/C16H14F3N3/c17-16(18,19)14-7-2-1-4-11(14)8-15-21-10-13-6-3-5-12(9-20)22(13)15/h1-7,10H,8-9,20H2. The summed E-state index contributed by atoms with van der Waals surface area (Å²) in [6, 6.07) is 11.1. The van der Waals surface area contributed by atoms with Gasteiger partial charge >= 0.3 is 6.18 Å². The molecule has 0 bridgehead atoms. The molecule has 2 aromatic heterocycles. The second kappa shape index (κ2) is 5.46. The van der Waals surface area contributed by atoms with Crippen molar-refractivity contribution in [3.05, 3.63) is 71.3 Å². The van der Waals surface area contributed by atoms with E-state index in [-0.39, 0.29) is 12.0 Å². The molecule has 3 nitrogen and oxygen atoms in total. The highest BCUT2D eigenvalue weighted by Crippen LogP contribution is 2.32. The number of rotatable bonds is 3. The summed E-state index contributed by atoms with van der Waals surface area (Å²) in [6.07, 6.45) is -2.63. The van der Waals surface area contributed by atoms with Gasteiger partial charge in [-0.1, -0.05) is 24.3 Å². The predicted octanol–water partition coefficient (Wildman–Crippen LogP) is 3.40. The molecule has 1 aromatic carbocycles. The summed E-state index contributed by atoms with van der Waals surface area (Å²) in [5.74, 6) is 0.549. The number of halogens is 3. The van der Waals surface area contributed by atoms with Crippen LogP contribution < -0.4 is 5.73 Å². The highest BCUT2D eigenvalue weighted by Gasteiger charge is 2.33. The number of pyridine rings is 1. The van der Waals surface area contributed by atoms with Gasteiger partial charge in [-0.2, -0.15) is 13.2 Å². The van der Waals surface area contributed by atoms with E-state index >= 15 is 0 Å². The van der Waals surface area contributed by atoms with Crippen LogP contribution in [0.5, 0.6) is 0 Å². The zero-order valence-corrected chi connectivity index (χ0v) is 11.6. The largest absolute Gasteiger partial charge is 0.416 e. The lowest BCUT2D eigenvalue weighted by molar-refractivity contribution is -0.138. The van der Waals surface area contributed by atoms with Crippen molar-refractivity contribution >= 4 is 5.52 Å².